The summed E-state index contributed by atoms with van der Waals surface area (Å²) in [7, 11) is 0. The summed E-state index contributed by atoms with van der Waals surface area (Å²) in [6.45, 7) is 5.97. The zero-order valence-corrected chi connectivity index (χ0v) is 27.9. The van der Waals surface area contributed by atoms with Crippen LogP contribution in [0.15, 0.2) is 71.5 Å². The van der Waals surface area contributed by atoms with Crippen molar-refractivity contribution < 1.29 is 29.4 Å². The fraction of sp³-hybridized carbons (Fsp3) is 0.429. The number of rotatable bonds is 12. The van der Waals surface area contributed by atoms with Gasteiger partial charge in [0.05, 0.1) is 6.33 Å². The molecule has 5 aromatic rings. The van der Waals surface area contributed by atoms with E-state index in [1.165, 1.54) is 30.4 Å². The number of benzene rings is 2. The van der Waals surface area contributed by atoms with Gasteiger partial charge < -0.3 is 40.1 Å². The smallest absolute Gasteiger partial charge is 0.290 e. The molecule has 4 atom stereocenters. The van der Waals surface area contributed by atoms with Crippen LogP contribution in [0.1, 0.15) is 67.3 Å². The minimum absolute atomic E-state index is 0.0540. The van der Waals surface area contributed by atoms with Crippen LogP contribution in [0.3, 0.4) is 0 Å². The van der Waals surface area contributed by atoms with E-state index in [2.05, 4.69) is 54.9 Å². The van der Waals surface area contributed by atoms with E-state index in [-0.39, 0.29) is 18.3 Å². The number of aliphatic hydroxyl groups is 2. The molecule has 5 N–H and O–H groups in total. The second-order valence-corrected chi connectivity index (χ2v) is 12.2. The number of imidazole rings is 1. The number of ether oxygens (including phenoxy) is 1. The standard InChI is InChI=1S/C34H41N9O4.CH2O2/c1-2-25-38-32(47-41-25)29-27(44)28(45)33(46-29)43-21-37-26-30(39-34(40-31(26)43)35-16-19-42-17-10-5-11-18-42)36-20-24(22-12-6-3-7-13-22)23-14-8-4-9-15-23;2-1-3/h3-4,6-9,12-15,21,24,27-29,33,44-45H,2,5,10-11,16-20H2,1H3,(H2,35,36,39,40);1H,(H,2,3)/t27-,28+,29-,33+;/m0./s1. The third-order valence-corrected chi connectivity index (χ3v) is 9.01. The Hall–Kier alpha value is -4.96. The molecule has 2 aliphatic rings. The Bertz CT molecular complexity index is 1760. The number of likely N-dealkylation sites (tertiary alicyclic amines) is 1. The Balaban J connectivity index is 0.00000139. The van der Waals surface area contributed by atoms with Gasteiger partial charge in [0.2, 0.25) is 5.95 Å². The highest BCUT2D eigenvalue weighted by Gasteiger charge is 2.47. The molecule has 15 nitrogen and oxygen atoms in total. The van der Waals surface area contributed by atoms with Crippen molar-refractivity contribution >= 4 is 29.4 Å². The Morgan fingerprint density at radius 1 is 0.940 bits per heavy atom. The third-order valence-electron chi connectivity index (χ3n) is 9.01. The van der Waals surface area contributed by atoms with Crippen molar-refractivity contribution in [1.29, 1.82) is 0 Å². The lowest BCUT2D eigenvalue weighted by Crippen LogP contribution is -2.34. The van der Waals surface area contributed by atoms with Gasteiger partial charge in [0, 0.05) is 32.0 Å². The lowest BCUT2D eigenvalue weighted by Gasteiger charge is -2.26. The summed E-state index contributed by atoms with van der Waals surface area (Å²) < 4.78 is 13.1. The van der Waals surface area contributed by atoms with E-state index in [1.54, 1.807) is 10.9 Å². The fourth-order valence-electron chi connectivity index (χ4n) is 6.43. The van der Waals surface area contributed by atoms with Crippen LogP contribution in [-0.2, 0) is 16.0 Å². The Morgan fingerprint density at radius 2 is 1.62 bits per heavy atom. The molecule has 264 valence electrons. The number of piperidine rings is 1. The topological polar surface area (TPSA) is 197 Å². The van der Waals surface area contributed by atoms with E-state index in [1.807, 2.05) is 43.3 Å². The molecular formula is C35H43N9O6. The monoisotopic (exact) mass is 685 g/mol. The zero-order chi connectivity index (χ0) is 34.9. The summed E-state index contributed by atoms with van der Waals surface area (Å²) in [6, 6.07) is 20.7. The zero-order valence-electron chi connectivity index (χ0n) is 27.9. The molecule has 2 aliphatic heterocycles. The highest BCUT2D eigenvalue weighted by Crippen LogP contribution is 2.40. The minimum atomic E-state index is -1.29. The summed E-state index contributed by atoms with van der Waals surface area (Å²) in [4.78, 5) is 29.5. The first-order valence-corrected chi connectivity index (χ1v) is 17.0. The Morgan fingerprint density at radius 3 is 2.26 bits per heavy atom. The quantitative estimate of drug-likeness (QED) is 0.119. The first-order chi connectivity index (χ1) is 24.5. The lowest BCUT2D eigenvalue weighted by molar-refractivity contribution is -0.122. The van der Waals surface area contributed by atoms with Gasteiger partial charge in [0.1, 0.15) is 12.2 Å². The molecule has 50 heavy (non-hydrogen) atoms. The predicted molar refractivity (Wildman–Crippen MR) is 185 cm³/mol. The SMILES string of the molecule is CCc1noc([C@H]2O[C@@H](n3cnc4c(NCC(c5ccccc5)c5ccccc5)nc(NCCN5CCCCC5)nc43)[C@H](O)[C@@H]2O)n1.O=CO. The maximum Gasteiger partial charge on any atom is 0.290 e. The van der Waals surface area contributed by atoms with E-state index < -0.39 is 24.5 Å². The summed E-state index contributed by atoms with van der Waals surface area (Å²) in [5.41, 5.74) is 3.33. The normalized spacial score (nSPS) is 20.8. The Labute approximate surface area is 289 Å². The molecular weight excluding hydrogens is 642 g/mol. The van der Waals surface area contributed by atoms with Crippen molar-refractivity contribution in [2.45, 2.75) is 63.1 Å². The van der Waals surface area contributed by atoms with Gasteiger partial charge in [-0.15, -0.1) is 0 Å². The second-order valence-electron chi connectivity index (χ2n) is 12.2. The second kappa shape index (κ2) is 16.6. The first-order valence-electron chi connectivity index (χ1n) is 17.0. The number of fused-ring (bicyclic) bond motifs is 1. The van der Waals surface area contributed by atoms with Crippen LogP contribution in [0.25, 0.3) is 11.2 Å². The maximum atomic E-state index is 11.1. The van der Waals surface area contributed by atoms with Crippen molar-refractivity contribution in [2.24, 2.45) is 0 Å². The molecule has 15 heteroatoms. The molecule has 2 aromatic carbocycles. The molecule has 0 saturated carbocycles. The number of carboxylic acid groups (broad SMARTS) is 1. The summed E-state index contributed by atoms with van der Waals surface area (Å²) in [6.07, 6.45) is 1.27. The third kappa shape index (κ3) is 7.91. The van der Waals surface area contributed by atoms with Gasteiger partial charge in [-0.3, -0.25) is 9.36 Å². The van der Waals surface area contributed by atoms with Gasteiger partial charge in [-0.1, -0.05) is 79.2 Å². The van der Waals surface area contributed by atoms with Crippen molar-refractivity contribution in [3.8, 4) is 0 Å². The number of aliphatic hydroxyl groups excluding tert-OH is 2. The molecule has 0 radical (unpaired) electrons. The van der Waals surface area contributed by atoms with Crippen molar-refractivity contribution in [2.75, 3.05) is 43.4 Å². The molecule has 0 amide bonds. The molecule has 3 aromatic heterocycles. The van der Waals surface area contributed by atoms with E-state index in [0.717, 1.165) is 19.6 Å². The largest absolute Gasteiger partial charge is 0.483 e. The van der Waals surface area contributed by atoms with Gasteiger partial charge in [-0.2, -0.15) is 15.0 Å². The van der Waals surface area contributed by atoms with Crippen LogP contribution in [0, 0.1) is 0 Å². The molecule has 0 aliphatic carbocycles. The van der Waals surface area contributed by atoms with E-state index in [4.69, 9.17) is 29.1 Å². The van der Waals surface area contributed by atoms with Gasteiger partial charge in [0.25, 0.3) is 12.4 Å². The van der Waals surface area contributed by atoms with Crippen molar-refractivity contribution in [3.63, 3.8) is 0 Å². The minimum Gasteiger partial charge on any atom is -0.483 e. The fourth-order valence-corrected chi connectivity index (χ4v) is 6.43. The number of nitrogens with zero attached hydrogens (tertiary/aromatic N) is 7. The molecule has 2 fully saturated rings. The average molecular weight is 686 g/mol. The van der Waals surface area contributed by atoms with Crippen LogP contribution in [0.4, 0.5) is 11.8 Å². The maximum absolute atomic E-state index is 11.1. The number of anilines is 2. The molecule has 0 unspecified atom stereocenters. The summed E-state index contributed by atoms with van der Waals surface area (Å²) >= 11 is 0. The molecule has 5 heterocycles. The predicted octanol–water partition coefficient (Wildman–Crippen LogP) is 3.61. The van der Waals surface area contributed by atoms with Crippen LogP contribution in [0.2, 0.25) is 0 Å². The lowest BCUT2D eigenvalue weighted by atomic mass is 9.91. The van der Waals surface area contributed by atoms with Crippen LogP contribution in [-0.4, -0.2) is 101 Å². The summed E-state index contributed by atoms with van der Waals surface area (Å²) in [5.74, 6) is 1.65. The van der Waals surface area contributed by atoms with Crippen molar-refractivity contribution in [3.05, 3.63) is 89.8 Å². The molecule has 0 spiro atoms. The van der Waals surface area contributed by atoms with E-state index in [0.29, 0.717) is 48.3 Å². The average Bonchev–Trinajstić information content (AvgIpc) is 3.88. The molecule has 2 saturated heterocycles. The number of carbonyl (C=O) groups is 1. The highest BCUT2D eigenvalue weighted by atomic mass is 16.6. The molecule has 0 bridgehead atoms. The number of nitrogens with one attached hydrogen (secondary N) is 2. The van der Waals surface area contributed by atoms with Gasteiger partial charge in [-0.05, 0) is 37.1 Å². The number of aryl methyl sites for hydroxylation is 1. The highest BCUT2D eigenvalue weighted by molar-refractivity contribution is 5.84. The van der Waals surface area contributed by atoms with Gasteiger partial charge >= 0.3 is 0 Å². The van der Waals surface area contributed by atoms with Crippen LogP contribution < -0.4 is 10.6 Å². The van der Waals surface area contributed by atoms with Crippen LogP contribution >= 0.6 is 0 Å². The van der Waals surface area contributed by atoms with Gasteiger partial charge in [-0.25, -0.2) is 4.98 Å². The van der Waals surface area contributed by atoms with E-state index in [9.17, 15) is 10.2 Å². The molecule has 7 rings (SSSR count). The van der Waals surface area contributed by atoms with Gasteiger partial charge in [0.15, 0.2) is 35.1 Å². The number of aromatic nitrogens is 6. The van der Waals surface area contributed by atoms with E-state index >= 15 is 0 Å². The number of hydrogen-bond acceptors (Lipinski definition) is 13. The first kappa shape index (κ1) is 34.9. The summed E-state index contributed by atoms with van der Waals surface area (Å²) in [5, 5.41) is 39.9. The van der Waals surface area contributed by atoms with Crippen LogP contribution in [0.5, 0.6) is 0 Å². The van der Waals surface area contributed by atoms with Crippen molar-refractivity contribution in [1.82, 2.24) is 34.6 Å². The number of hydrogen-bond donors (Lipinski definition) is 5. The Kier molecular flexibility index (Phi) is 11.6.